The van der Waals surface area contributed by atoms with Gasteiger partial charge in [0.1, 0.15) is 11.1 Å². The number of fused-ring (bicyclic) bond motifs is 1. The molecule has 1 amide bonds. The fourth-order valence-corrected chi connectivity index (χ4v) is 5.40. The molecule has 0 radical (unpaired) electrons. The van der Waals surface area contributed by atoms with Crippen LogP contribution in [-0.4, -0.2) is 58.5 Å². The Morgan fingerprint density at radius 2 is 2.05 bits per heavy atom. The summed E-state index contributed by atoms with van der Waals surface area (Å²) in [6.45, 7) is 3.84. The SMILES string of the molecule is COC1(C(=O)N[C@@H](C)c2ccc(-n3cc(F)cn3)nc2)CCC(c2cc3[nH]cnc3c(Nc3cc(C)[nH]n3)n2)CC1. The number of hydrogen-bond donors (Lipinski definition) is 4. The Morgan fingerprint density at radius 1 is 1.22 bits per heavy atom. The number of pyridine rings is 2. The molecule has 5 aromatic rings. The van der Waals surface area contributed by atoms with Crippen LogP contribution in [0, 0.1) is 12.7 Å². The first-order valence-corrected chi connectivity index (χ1v) is 13.5. The molecular formula is C28H31FN10O2. The van der Waals surface area contributed by atoms with E-state index in [4.69, 9.17) is 9.72 Å². The molecule has 5 aromatic heterocycles. The molecule has 0 spiro atoms. The number of aryl methyl sites for hydroxylation is 1. The van der Waals surface area contributed by atoms with Gasteiger partial charge in [-0.25, -0.2) is 24.0 Å². The number of methoxy groups -OCH3 is 1. The smallest absolute Gasteiger partial charge is 0.252 e. The van der Waals surface area contributed by atoms with Gasteiger partial charge in [-0.1, -0.05) is 6.07 Å². The molecule has 0 bridgehead atoms. The fourth-order valence-electron chi connectivity index (χ4n) is 5.40. The van der Waals surface area contributed by atoms with Crippen molar-refractivity contribution in [3.8, 4) is 5.82 Å². The van der Waals surface area contributed by atoms with Crippen LogP contribution in [0.5, 0.6) is 0 Å². The lowest BCUT2D eigenvalue weighted by atomic mass is 9.76. The first kappa shape index (κ1) is 26.6. The van der Waals surface area contributed by atoms with Crippen molar-refractivity contribution < 1.29 is 13.9 Å². The van der Waals surface area contributed by atoms with E-state index < -0.39 is 11.4 Å². The molecule has 1 fully saturated rings. The number of rotatable bonds is 8. The lowest BCUT2D eigenvalue weighted by Gasteiger charge is -2.38. The van der Waals surface area contributed by atoms with Crippen molar-refractivity contribution in [2.75, 3.05) is 12.4 Å². The van der Waals surface area contributed by atoms with Crippen LogP contribution in [0.25, 0.3) is 16.9 Å². The zero-order chi connectivity index (χ0) is 28.6. The van der Waals surface area contributed by atoms with E-state index in [2.05, 4.69) is 40.9 Å². The van der Waals surface area contributed by atoms with Crippen LogP contribution in [0.1, 0.15) is 61.5 Å². The fraction of sp³-hybridized carbons (Fsp3) is 0.357. The summed E-state index contributed by atoms with van der Waals surface area (Å²) in [4.78, 5) is 30.4. The van der Waals surface area contributed by atoms with Crippen LogP contribution >= 0.6 is 0 Å². The van der Waals surface area contributed by atoms with Crippen molar-refractivity contribution in [1.29, 1.82) is 0 Å². The number of amides is 1. The summed E-state index contributed by atoms with van der Waals surface area (Å²) in [5.41, 5.74) is 3.38. The van der Waals surface area contributed by atoms with E-state index in [-0.39, 0.29) is 17.9 Å². The highest BCUT2D eigenvalue weighted by molar-refractivity contribution is 5.88. The standard InChI is InChI=1S/C28H31FN10O2/c1-16-10-23(38-37-16)36-26-25-22(31-15-32-25)11-21(35-26)18-6-8-28(41-3,9-7-18)27(40)34-17(2)19-4-5-24(30-12-19)39-14-20(29)13-33-39/h4-5,10-15,17-18H,6-9H2,1-3H3,(H,31,32)(H,34,40)(H2,35,36,37,38)/t17-,18?,28?/m0/s1. The second-order valence-corrected chi connectivity index (χ2v) is 10.5. The van der Waals surface area contributed by atoms with Crippen LogP contribution in [0.4, 0.5) is 16.0 Å². The maximum Gasteiger partial charge on any atom is 0.252 e. The molecule has 4 N–H and O–H groups in total. The minimum atomic E-state index is -0.934. The summed E-state index contributed by atoms with van der Waals surface area (Å²) in [5.74, 6) is 1.36. The highest BCUT2D eigenvalue weighted by Gasteiger charge is 2.43. The molecule has 1 atom stereocenters. The predicted octanol–water partition coefficient (Wildman–Crippen LogP) is 4.37. The second-order valence-electron chi connectivity index (χ2n) is 10.5. The number of hydrogen-bond acceptors (Lipinski definition) is 8. The summed E-state index contributed by atoms with van der Waals surface area (Å²) >= 11 is 0. The molecule has 212 valence electrons. The lowest BCUT2D eigenvalue weighted by Crippen LogP contribution is -2.50. The van der Waals surface area contributed by atoms with E-state index in [1.165, 1.54) is 10.9 Å². The Kier molecular flexibility index (Phi) is 6.95. The van der Waals surface area contributed by atoms with Gasteiger partial charge >= 0.3 is 0 Å². The monoisotopic (exact) mass is 558 g/mol. The van der Waals surface area contributed by atoms with E-state index in [1.54, 1.807) is 25.7 Å². The number of nitrogens with one attached hydrogen (secondary N) is 4. The van der Waals surface area contributed by atoms with E-state index in [0.717, 1.165) is 47.0 Å². The number of nitrogens with zero attached hydrogens (tertiary/aromatic N) is 6. The number of halogens is 1. The van der Waals surface area contributed by atoms with Gasteiger partial charge in [0.25, 0.3) is 5.91 Å². The summed E-state index contributed by atoms with van der Waals surface area (Å²) in [7, 11) is 1.59. The molecule has 13 heteroatoms. The molecular weight excluding hydrogens is 527 g/mol. The zero-order valence-electron chi connectivity index (χ0n) is 23.0. The maximum atomic E-state index is 13.5. The third-order valence-corrected chi connectivity index (χ3v) is 7.80. The Bertz CT molecular complexity index is 1670. The number of imidazole rings is 1. The minimum Gasteiger partial charge on any atom is -0.368 e. The summed E-state index contributed by atoms with van der Waals surface area (Å²) in [6.07, 6.45) is 8.27. The van der Waals surface area contributed by atoms with E-state index in [9.17, 15) is 9.18 Å². The highest BCUT2D eigenvalue weighted by atomic mass is 19.1. The number of ether oxygens (including phenoxy) is 1. The van der Waals surface area contributed by atoms with E-state index >= 15 is 0 Å². The number of aromatic nitrogens is 8. The number of aromatic amines is 2. The summed E-state index contributed by atoms with van der Waals surface area (Å²) < 4.78 is 20.5. The van der Waals surface area contributed by atoms with Crippen molar-refractivity contribution in [2.45, 2.75) is 57.1 Å². The molecule has 0 unspecified atom stereocenters. The molecule has 6 rings (SSSR count). The van der Waals surface area contributed by atoms with Crippen LogP contribution in [0.15, 0.2) is 49.2 Å². The van der Waals surface area contributed by atoms with Gasteiger partial charge in [0.15, 0.2) is 23.3 Å². The van der Waals surface area contributed by atoms with Crippen LogP contribution in [-0.2, 0) is 9.53 Å². The first-order chi connectivity index (χ1) is 19.8. The average Bonchev–Trinajstić information content (AvgIpc) is 3.74. The number of H-pyrrole nitrogens is 2. The largest absolute Gasteiger partial charge is 0.368 e. The molecule has 1 aliphatic carbocycles. The Hall–Kier alpha value is -4.65. The Labute approximate surface area is 235 Å². The first-order valence-electron chi connectivity index (χ1n) is 13.5. The van der Waals surface area contributed by atoms with Gasteiger partial charge in [-0.15, -0.1) is 0 Å². The van der Waals surface area contributed by atoms with Crippen LogP contribution in [0.2, 0.25) is 0 Å². The molecule has 0 aliphatic heterocycles. The number of anilines is 2. The lowest BCUT2D eigenvalue weighted by molar-refractivity contribution is -0.148. The predicted molar refractivity (Wildman–Crippen MR) is 149 cm³/mol. The van der Waals surface area contributed by atoms with Crippen molar-refractivity contribution in [3.63, 3.8) is 0 Å². The maximum absolute atomic E-state index is 13.5. The van der Waals surface area contributed by atoms with Crippen molar-refractivity contribution >= 4 is 28.6 Å². The molecule has 0 saturated heterocycles. The Balaban J connectivity index is 1.13. The number of carbonyl (C=O) groups excluding carboxylic acids is 1. The van der Waals surface area contributed by atoms with Gasteiger partial charge in [-0.3, -0.25) is 9.89 Å². The normalized spacial score (nSPS) is 19.8. The molecule has 41 heavy (non-hydrogen) atoms. The van der Waals surface area contributed by atoms with Crippen molar-refractivity contribution in [2.24, 2.45) is 0 Å². The zero-order valence-corrected chi connectivity index (χ0v) is 23.0. The summed E-state index contributed by atoms with van der Waals surface area (Å²) in [6, 6.07) is 7.22. The van der Waals surface area contributed by atoms with Gasteiger partial charge in [0, 0.05) is 36.7 Å². The molecule has 1 aliphatic rings. The van der Waals surface area contributed by atoms with Crippen molar-refractivity contribution in [3.05, 3.63) is 72.0 Å². The van der Waals surface area contributed by atoms with Crippen molar-refractivity contribution in [1.82, 2.24) is 45.2 Å². The molecule has 0 aromatic carbocycles. The highest BCUT2D eigenvalue weighted by Crippen LogP contribution is 2.41. The Morgan fingerprint density at radius 3 is 2.71 bits per heavy atom. The third kappa shape index (κ3) is 5.27. The van der Waals surface area contributed by atoms with Gasteiger partial charge in [-0.2, -0.15) is 10.2 Å². The minimum absolute atomic E-state index is 0.154. The van der Waals surface area contributed by atoms with Gasteiger partial charge in [0.05, 0.1) is 30.3 Å². The van der Waals surface area contributed by atoms with E-state index in [1.807, 2.05) is 32.0 Å². The van der Waals surface area contributed by atoms with E-state index in [0.29, 0.717) is 30.3 Å². The third-order valence-electron chi connectivity index (χ3n) is 7.80. The van der Waals surface area contributed by atoms with Gasteiger partial charge in [-0.05, 0) is 57.2 Å². The van der Waals surface area contributed by atoms with Crippen LogP contribution < -0.4 is 10.6 Å². The van der Waals surface area contributed by atoms with Gasteiger partial charge in [0.2, 0.25) is 0 Å². The molecule has 5 heterocycles. The average molecular weight is 559 g/mol. The molecule has 12 nitrogen and oxygen atoms in total. The second kappa shape index (κ2) is 10.7. The quantitative estimate of drug-likeness (QED) is 0.219. The summed E-state index contributed by atoms with van der Waals surface area (Å²) in [5, 5.41) is 17.5. The van der Waals surface area contributed by atoms with Gasteiger partial charge < -0.3 is 20.4 Å². The number of carbonyl (C=O) groups is 1. The topological polar surface area (TPSA) is 151 Å². The molecule has 1 saturated carbocycles. The van der Waals surface area contributed by atoms with Crippen LogP contribution in [0.3, 0.4) is 0 Å².